The fourth-order valence-corrected chi connectivity index (χ4v) is 1.15. The predicted octanol–water partition coefficient (Wildman–Crippen LogP) is 0.0775. The van der Waals surface area contributed by atoms with Gasteiger partial charge in [0.1, 0.15) is 12.0 Å². The van der Waals surface area contributed by atoms with Crippen LogP contribution in [0.3, 0.4) is 0 Å². The van der Waals surface area contributed by atoms with Gasteiger partial charge in [0.05, 0.1) is 0 Å². The molecule has 0 aliphatic rings. The summed E-state index contributed by atoms with van der Waals surface area (Å²) < 4.78 is 39.4. The SMILES string of the molecule is O=Cc1cccc(OC(F)(F)F)c1B(O)O. The summed E-state index contributed by atoms with van der Waals surface area (Å²) in [5, 5.41) is 17.7. The Hall–Kier alpha value is -1.54. The number of alkyl halides is 3. The highest BCUT2D eigenvalue weighted by Gasteiger charge is 2.34. The van der Waals surface area contributed by atoms with Gasteiger partial charge in [0.15, 0.2) is 0 Å². The summed E-state index contributed by atoms with van der Waals surface area (Å²) in [6, 6.07) is 3.16. The van der Waals surface area contributed by atoms with E-state index in [2.05, 4.69) is 4.74 Å². The smallest absolute Gasteiger partial charge is 0.423 e. The van der Waals surface area contributed by atoms with Crippen molar-refractivity contribution in [2.45, 2.75) is 6.36 Å². The van der Waals surface area contributed by atoms with Gasteiger partial charge < -0.3 is 14.8 Å². The van der Waals surface area contributed by atoms with E-state index >= 15 is 0 Å². The molecular formula is C8H6BF3O4. The lowest BCUT2D eigenvalue weighted by Gasteiger charge is -2.13. The van der Waals surface area contributed by atoms with Gasteiger partial charge in [-0.1, -0.05) is 12.1 Å². The molecule has 0 atom stereocenters. The van der Waals surface area contributed by atoms with Gasteiger partial charge in [-0.25, -0.2) is 0 Å². The van der Waals surface area contributed by atoms with Crippen LogP contribution >= 0.6 is 0 Å². The van der Waals surface area contributed by atoms with Crippen molar-refractivity contribution in [3.05, 3.63) is 23.8 Å². The molecule has 1 aromatic rings. The number of carbonyl (C=O) groups excluding carboxylic acids is 1. The molecular weight excluding hydrogens is 228 g/mol. The zero-order valence-corrected chi connectivity index (χ0v) is 7.73. The Morgan fingerprint density at radius 1 is 1.31 bits per heavy atom. The maximum absolute atomic E-state index is 11.9. The van der Waals surface area contributed by atoms with Crippen LogP contribution in [0.25, 0.3) is 0 Å². The first-order chi connectivity index (χ1) is 7.35. The number of ether oxygens (including phenoxy) is 1. The molecule has 2 N–H and O–H groups in total. The molecule has 0 heterocycles. The zero-order chi connectivity index (χ0) is 12.3. The molecule has 0 aliphatic heterocycles. The standard InChI is InChI=1S/C8H6BF3O4/c10-8(11,12)16-6-3-1-2-5(4-13)7(6)9(14)15/h1-4,14-15H. The number of carbonyl (C=O) groups is 1. The second-order valence-corrected chi connectivity index (χ2v) is 2.80. The Bertz CT molecular complexity index is 391. The van der Waals surface area contributed by atoms with E-state index in [0.29, 0.717) is 0 Å². The van der Waals surface area contributed by atoms with E-state index in [1.165, 1.54) is 0 Å². The molecule has 0 spiro atoms. The Morgan fingerprint density at radius 2 is 1.94 bits per heavy atom. The first-order valence-electron chi connectivity index (χ1n) is 4.05. The van der Waals surface area contributed by atoms with Gasteiger partial charge >= 0.3 is 13.5 Å². The maximum atomic E-state index is 11.9. The summed E-state index contributed by atoms with van der Waals surface area (Å²) in [4.78, 5) is 10.5. The molecule has 86 valence electrons. The van der Waals surface area contributed by atoms with Crippen molar-refractivity contribution in [1.29, 1.82) is 0 Å². The van der Waals surface area contributed by atoms with Crippen LogP contribution in [0.4, 0.5) is 13.2 Å². The monoisotopic (exact) mass is 234 g/mol. The second kappa shape index (κ2) is 4.54. The first kappa shape index (κ1) is 12.5. The van der Waals surface area contributed by atoms with Crippen molar-refractivity contribution in [1.82, 2.24) is 0 Å². The van der Waals surface area contributed by atoms with Crippen molar-refractivity contribution < 1.29 is 32.8 Å². The van der Waals surface area contributed by atoms with Gasteiger partial charge in [-0.05, 0) is 6.07 Å². The van der Waals surface area contributed by atoms with E-state index in [-0.39, 0.29) is 11.8 Å². The number of halogens is 3. The zero-order valence-electron chi connectivity index (χ0n) is 7.73. The molecule has 0 aliphatic carbocycles. The Kier molecular flexibility index (Phi) is 3.56. The highest BCUT2D eigenvalue weighted by molar-refractivity contribution is 6.61. The van der Waals surface area contributed by atoms with Crippen LogP contribution in [0, 0.1) is 0 Å². The highest BCUT2D eigenvalue weighted by atomic mass is 19.4. The minimum atomic E-state index is -4.97. The van der Waals surface area contributed by atoms with Gasteiger partial charge in [-0.2, -0.15) is 0 Å². The van der Waals surface area contributed by atoms with Crippen LogP contribution in [0.15, 0.2) is 18.2 Å². The van der Waals surface area contributed by atoms with Gasteiger partial charge in [-0.15, -0.1) is 13.2 Å². The number of benzene rings is 1. The second-order valence-electron chi connectivity index (χ2n) is 2.80. The average Bonchev–Trinajstić information content (AvgIpc) is 2.14. The van der Waals surface area contributed by atoms with Gasteiger partial charge in [-0.3, -0.25) is 4.79 Å². The number of hydrogen-bond donors (Lipinski definition) is 2. The van der Waals surface area contributed by atoms with E-state index < -0.39 is 24.7 Å². The molecule has 8 heteroatoms. The van der Waals surface area contributed by atoms with Gasteiger partial charge in [0.25, 0.3) is 0 Å². The average molecular weight is 234 g/mol. The van der Waals surface area contributed by atoms with E-state index in [1.54, 1.807) is 0 Å². The molecule has 0 fully saturated rings. The lowest BCUT2D eigenvalue weighted by Crippen LogP contribution is -2.36. The summed E-state index contributed by atoms with van der Waals surface area (Å²) in [7, 11) is -2.22. The molecule has 4 nitrogen and oxygen atoms in total. The van der Waals surface area contributed by atoms with Crippen molar-refractivity contribution in [2.75, 3.05) is 0 Å². The predicted molar refractivity (Wildman–Crippen MR) is 48.3 cm³/mol. The molecule has 0 unspecified atom stereocenters. The Labute approximate surface area is 88.4 Å². The van der Waals surface area contributed by atoms with E-state index in [9.17, 15) is 18.0 Å². The van der Waals surface area contributed by atoms with Crippen LogP contribution in [-0.4, -0.2) is 29.8 Å². The third-order valence-electron chi connectivity index (χ3n) is 1.71. The van der Waals surface area contributed by atoms with Crippen LogP contribution in [0.5, 0.6) is 5.75 Å². The van der Waals surface area contributed by atoms with Crippen molar-refractivity contribution >= 4 is 18.9 Å². The highest BCUT2D eigenvalue weighted by Crippen LogP contribution is 2.21. The summed E-state index contributed by atoms with van der Waals surface area (Å²) >= 11 is 0. The number of hydrogen-bond acceptors (Lipinski definition) is 4. The van der Waals surface area contributed by atoms with Crippen LogP contribution in [0.2, 0.25) is 0 Å². The number of rotatable bonds is 3. The largest absolute Gasteiger partial charge is 0.573 e. The van der Waals surface area contributed by atoms with Crippen LogP contribution < -0.4 is 10.2 Å². The lowest BCUT2D eigenvalue weighted by atomic mass is 9.76. The summed E-state index contributed by atoms with van der Waals surface area (Å²) in [6.45, 7) is 0. The van der Waals surface area contributed by atoms with Gasteiger partial charge in [0, 0.05) is 11.0 Å². The summed E-state index contributed by atoms with van der Waals surface area (Å²) in [6.07, 6.45) is -4.76. The van der Waals surface area contributed by atoms with Crippen LogP contribution in [-0.2, 0) is 0 Å². The molecule has 0 aromatic heterocycles. The molecule has 1 aromatic carbocycles. The molecule has 1 rings (SSSR count). The lowest BCUT2D eigenvalue weighted by molar-refractivity contribution is -0.274. The molecule has 0 bridgehead atoms. The van der Waals surface area contributed by atoms with Crippen molar-refractivity contribution in [2.24, 2.45) is 0 Å². The Balaban J connectivity index is 3.22. The summed E-state index contributed by atoms with van der Waals surface area (Å²) in [5.41, 5.74) is -0.897. The Morgan fingerprint density at radius 3 is 2.38 bits per heavy atom. The summed E-state index contributed by atoms with van der Waals surface area (Å²) in [5.74, 6) is -0.813. The molecule has 0 saturated heterocycles. The fraction of sp³-hybridized carbons (Fsp3) is 0.125. The minimum Gasteiger partial charge on any atom is -0.423 e. The first-order valence-corrected chi connectivity index (χ1v) is 4.05. The maximum Gasteiger partial charge on any atom is 0.573 e. The molecule has 0 amide bonds. The van der Waals surface area contributed by atoms with E-state index in [1.807, 2.05) is 0 Å². The molecule has 0 saturated carbocycles. The molecule has 0 radical (unpaired) electrons. The van der Waals surface area contributed by atoms with E-state index in [0.717, 1.165) is 18.2 Å². The van der Waals surface area contributed by atoms with Crippen LogP contribution in [0.1, 0.15) is 10.4 Å². The fourth-order valence-electron chi connectivity index (χ4n) is 1.15. The number of aldehydes is 1. The minimum absolute atomic E-state index is 0.206. The van der Waals surface area contributed by atoms with E-state index in [4.69, 9.17) is 10.0 Å². The topological polar surface area (TPSA) is 66.8 Å². The normalized spacial score (nSPS) is 11.1. The quantitative estimate of drug-likeness (QED) is 0.573. The van der Waals surface area contributed by atoms with Crippen molar-refractivity contribution in [3.8, 4) is 5.75 Å². The van der Waals surface area contributed by atoms with Gasteiger partial charge in [0.2, 0.25) is 0 Å². The third kappa shape index (κ3) is 2.98. The third-order valence-corrected chi connectivity index (χ3v) is 1.71. The molecule has 16 heavy (non-hydrogen) atoms. The van der Waals surface area contributed by atoms with Crippen molar-refractivity contribution in [3.63, 3.8) is 0 Å².